The molecule has 0 heterocycles. The Kier molecular flexibility index (Phi) is 3.87. The first kappa shape index (κ1) is 11.3. The molecule has 0 aliphatic heterocycles. The summed E-state index contributed by atoms with van der Waals surface area (Å²) in [6.45, 7) is 6.09. The first-order chi connectivity index (χ1) is 7.13. The van der Waals surface area contributed by atoms with Crippen molar-refractivity contribution in [1.29, 1.82) is 5.26 Å². The molecule has 0 unspecified atom stereocenters. The minimum Gasteiger partial charge on any atom is -0.492 e. The van der Waals surface area contributed by atoms with E-state index in [0.29, 0.717) is 12.4 Å². The van der Waals surface area contributed by atoms with Crippen LogP contribution in [0, 0.1) is 17.1 Å². The van der Waals surface area contributed by atoms with E-state index in [2.05, 4.69) is 6.58 Å². The molecule has 2 nitrogen and oxygen atoms in total. The molecule has 0 aliphatic rings. The summed E-state index contributed by atoms with van der Waals surface area (Å²) in [6.07, 6.45) is 0.724. The van der Waals surface area contributed by atoms with Crippen LogP contribution in [0.4, 0.5) is 4.39 Å². The fraction of sp³-hybridized carbons (Fsp3) is 0.250. The maximum Gasteiger partial charge on any atom is 0.137 e. The third-order valence-electron chi connectivity index (χ3n) is 1.85. The number of hydrogen-bond acceptors (Lipinski definition) is 2. The second-order valence-electron chi connectivity index (χ2n) is 3.31. The zero-order chi connectivity index (χ0) is 11.3. The third kappa shape index (κ3) is 3.43. The van der Waals surface area contributed by atoms with E-state index < -0.39 is 5.82 Å². The van der Waals surface area contributed by atoms with Crippen molar-refractivity contribution in [1.82, 2.24) is 0 Å². The van der Waals surface area contributed by atoms with E-state index in [1.807, 2.05) is 13.0 Å². The van der Waals surface area contributed by atoms with Crippen LogP contribution in [0.2, 0.25) is 0 Å². The van der Waals surface area contributed by atoms with Crippen LogP contribution in [-0.2, 0) is 0 Å². The first-order valence-electron chi connectivity index (χ1n) is 4.60. The molecule has 0 saturated carbocycles. The van der Waals surface area contributed by atoms with Gasteiger partial charge in [-0.15, -0.1) is 6.58 Å². The maximum atomic E-state index is 12.8. The van der Waals surface area contributed by atoms with Crippen LogP contribution < -0.4 is 4.74 Å². The lowest BCUT2D eigenvalue weighted by atomic mass is 10.2. The predicted molar refractivity (Wildman–Crippen MR) is 56.0 cm³/mol. The van der Waals surface area contributed by atoms with Gasteiger partial charge in [-0.1, -0.05) is 5.57 Å². The Bertz CT molecular complexity index is 407. The number of hydrogen-bond donors (Lipinski definition) is 0. The van der Waals surface area contributed by atoms with E-state index in [4.69, 9.17) is 10.00 Å². The Balaban J connectivity index is 2.69. The minimum atomic E-state index is -0.432. The van der Waals surface area contributed by atoms with Gasteiger partial charge in [-0.2, -0.15) is 5.26 Å². The molecule has 15 heavy (non-hydrogen) atoms. The lowest BCUT2D eigenvalue weighted by Crippen LogP contribution is -1.99. The molecule has 0 spiro atoms. The topological polar surface area (TPSA) is 33.0 Å². The quantitative estimate of drug-likeness (QED) is 0.708. The molecule has 0 aromatic heterocycles. The highest BCUT2D eigenvalue weighted by atomic mass is 19.1. The lowest BCUT2D eigenvalue weighted by Gasteiger charge is -2.07. The third-order valence-corrected chi connectivity index (χ3v) is 1.85. The number of halogens is 1. The Hall–Kier alpha value is -1.82. The zero-order valence-electron chi connectivity index (χ0n) is 8.59. The van der Waals surface area contributed by atoms with Gasteiger partial charge in [0.1, 0.15) is 17.6 Å². The molecule has 0 saturated heterocycles. The SMILES string of the molecule is C=C(C)CCOc1ccc(F)cc1C#N. The smallest absolute Gasteiger partial charge is 0.137 e. The van der Waals surface area contributed by atoms with Gasteiger partial charge in [-0.05, 0) is 25.1 Å². The van der Waals surface area contributed by atoms with Gasteiger partial charge in [0, 0.05) is 6.42 Å². The van der Waals surface area contributed by atoms with Crippen LogP contribution in [0.5, 0.6) is 5.75 Å². The fourth-order valence-electron chi connectivity index (χ4n) is 1.05. The first-order valence-corrected chi connectivity index (χ1v) is 4.60. The second-order valence-corrected chi connectivity index (χ2v) is 3.31. The van der Waals surface area contributed by atoms with Crippen LogP contribution in [0.1, 0.15) is 18.9 Å². The average Bonchev–Trinajstić information content (AvgIpc) is 2.19. The highest BCUT2D eigenvalue weighted by Gasteiger charge is 2.04. The van der Waals surface area contributed by atoms with Crippen molar-refractivity contribution in [2.24, 2.45) is 0 Å². The Labute approximate surface area is 88.6 Å². The predicted octanol–water partition coefficient (Wildman–Crippen LogP) is 3.04. The molecule has 0 amide bonds. The summed E-state index contributed by atoms with van der Waals surface area (Å²) < 4.78 is 18.1. The van der Waals surface area contributed by atoms with Crippen LogP contribution in [0.3, 0.4) is 0 Å². The number of rotatable bonds is 4. The number of benzene rings is 1. The zero-order valence-corrected chi connectivity index (χ0v) is 8.59. The molecule has 0 atom stereocenters. The summed E-state index contributed by atoms with van der Waals surface area (Å²) in [4.78, 5) is 0. The molecule has 0 bridgehead atoms. The molecule has 0 fully saturated rings. The van der Waals surface area contributed by atoms with E-state index in [1.54, 1.807) is 0 Å². The highest BCUT2D eigenvalue weighted by molar-refractivity contribution is 5.42. The van der Waals surface area contributed by atoms with E-state index >= 15 is 0 Å². The van der Waals surface area contributed by atoms with Gasteiger partial charge in [-0.3, -0.25) is 0 Å². The lowest BCUT2D eigenvalue weighted by molar-refractivity contribution is 0.320. The van der Waals surface area contributed by atoms with Crippen molar-refractivity contribution >= 4 is 0 Å². The Morgan fingerprint density at radius 3 is 2.93 bits per heavy atom. The fourth-order valence-corrected chi connectivity index (χ4v) is 1.05. The van der Waals surface area contributed by atoms with E-state index in [9.17, 15) is 4.39 Å². The van der Waals surface area contributed by atoms with E-state index in [0.717, 1.165) is 18.1 Å². The van der Waals surface area contributed by atoms with Crippen molar-refractivity contribution < 1.29 is 9.13 Å². The number of nitrogens with zero attached hydrogens (tertiary/aromatic N) is 1. The molecule has 78 valence electrons. The molecular formula is C12H12FNO. The summed E-state index contributed by atoms with van der Waals surface area (Å²) in [7, 11) is 0. The van der Waals surface area contributed by atoms with Crippen molar-refractivity contribution in [3.05, 3.63) is 41.7 Å². The van der Waals surface area contributed by atoms with E-state index in [1.165, 1.54) is 12.1 Å². The van der Waals surface area contributed by atoms with Gasteiger partial charge in [0.15, 0.2) is 0 Å². The summed E-state index contributed by atoms with van der Waals surface area (Å²) >= 11 is 0. The Morgan fingerprint density at radius 1 is 1.60 bits per heavy atom. The second kappa shape index (κ2) is 5.16. The van der Waals surface area contributed by atoms with Gasteiger partial charge >= 0.3 is 0 Å². The number of ether oxygens (including phenoxy) is 1. The number of nitriles is 1. The maximum absolute atomic E-state index is 12.8. The van der Waals surface area contributed by atoms with Crippen molar-refractivity contribution in [2.45, 2.75) is 13.3 Å². The van der Waals surface area contributed by atoms with Crippen LogP contribution in [0.15, 0.2) is 30.4 Å². The monoisotopic (exact) mass is 205 g/mol. The molecule has 0 radical (unpaired) electrons. The summed E-state index contributed by atoms with van der Waals surface area (Å²) in [6, 6.07) is 5.79. The molecule has 1 rings (SSSR count). The molecule has 0 aliphatic carbocycles. The van der Waals surface area contributed by atoms with Crippen LogP contribution >= 0.6 is 0 Å². The summed E-state index contributed by atoms with van der Waals surface area (Å²) in [5.41, 5.74) is 1.23. The van der Waals surface area contributed by atoms with Gasteiger partial charge in [0.25, 0.3) is 0 Å². The standard InChI is InChI=1S/C12H12FNO/c1-9(2)5-6-15-12-4-3-11(13)7-10(12)8-14/h3-4,7H,1,5-6H2,2H3. The minimum absolute atomic E-state index is 0.219. The van der Waals surface area contributed by atoms with Crippen molar-refractivity contribution in [3.8, 4) is 11.8 Å². The van der Waals surface area contributed by atoms with Crippen molar-refractivity contribution in [2.75, 3.05) is 6.61 Å². The molecule has 1 aromatic rings. The van der Waals surface area contributed by atoms with E-state index in [-0.39, 0.29) is 5.56 Å². The molecular weight excluding hydrogens is 193 g/mol. The molecule has 3 heteroatoms. The van der Waals surface area contributed by atoms with Gasteiger partial charge in [0.2, 0.25) is 0 Å². The highest BCUT2D eigenvalue weighted by Crippen LogP contribution is 2.19. The van der Waals surface area contributed by atoms with Gasteiger partial charge in [-0.25, -0.2) is 4.39 Å². The van der Waals surface area contributed by atoms with Crippen molar-refractivity contribution in [3.63, 3.8) is 0 Å². The normalized spacial score (nSPS) is 9.40. The molecule has 1 aromatic carbocycles. The summed E-state index contributed by atoms with van der Waals surface area (Å²) in [5.74, 6) is -0.0149. The summed E-state index contributed by atoms with van der Waals surface area (Å²) in [5, 5.41) is 8.74. The van der Waals surface area contributed by atoms with Crippen LogP contribution in [-0.4, -0.2) is 6.61 Å². The molecule has 0 N–H and O–H groups in total. The Morgan fingerprint density at radius 2 is 2.33 bits per heavy atom. The average molecular weight is 205 g/mol. The van der Waals surface area contributed by atoms with Crippen LogP contribution in [0.25, 0.3) is 0 Å². The van der Waals surface area contributed by atoms with Gasteiger partial charge < -0.3 is 4.74 Å². The largest absolute Gasteiger partial charge is 0.492 e. The van der Waals surface area contributed by atoms with Gasteiger partial charge in [0.05, 0.1) is 12.2 Å².